The Balaban J connectivity index is 2.01. The van der Waals surface area contributed by atoms with Gasteiger partial charge in [0, 0.05) is 12.5 Å². The first kappa shape index (κ1) is 12.1. The molecule has 0 aromatic carbocycles. The van der Waals surface area contributed by atoms with Gasteiger partial charge in [-0.25, -0.2) is 14.3 Å². The zero-order chi connectivity index (χ0) is 13.4. The minimum atomic E-state index is -0.984. The molecule has 3 heterocycles. The summed E-state index contributed by atoms with van der Waals surface area (Å²) in [7, 11) is 2.09. The molecule has 2 aromatic heterocycles. The van der Waals surface area contributed by atoms with E-state index < -0.39 is 5.97 Å². The molecule has 19 heavy (non-hydrogen) atoms. The lowest BCUT2D eigenvalue weighted by Crippen LogP contribution is -2.31. The number of carbonyl (C=O) groups is 1. The highest BCUT2D eigenvalue weighted by atomic mass is 16.4. The largest absolute Gasteiger partial charge is 0.477 e. The number of likely N-dealkylation sites (N-methyl/N-ethyl adjacent to an activating group) is 1. The van der Waals surface area contributed by atoms with Crippen LogP contribution in [0.25, 0.3) is 5.65 Å². The van der Waals surface area contributed by atoms with Gasteiger partial charge in [0.25, 0.3) is 0 Å². The number of fused-ring (bicyclic) bond motifs is 1. The van der Waals surface area contributed by atoms with Crippen molar-refractivity contribution in [1.29, 1.82) is 0 Å². The van der Waals surface area contributed by atoms with Crippen LogP contribution in [0, 0.1) is 0 Å². The van der Waals surface area contributed by atoms with E-state index in [9.17, 15) is 4.79 Å². The van der Waals surface area contributed by atoms with E-state index in [0.29, 0.717) is 11.6 Å². The number of hydrogen-bond donors (Lipinski definition) is 1. The van der Waals surface area contributed by atoms with E-state index in [2.05, 4.69) is 22.0 Å². The molecule has 1 aliphatic heterocycles. The van der Waals surface area contributed by atoms with Crippen LogP contribution in [0.5, 0.6) is 0 Å². The van der Waals surface area contributed by atoms with Crippen LogP contribution in [0.2, 0.25) is 0 Å². The molecule has 6 heteroatoms. The predicted octanol–water partition coefficient (Wildman–Crippen LogP) is 1.24. The van der Waals surface area contributed by atoms with Crippen molar-refractivity contribution in [2.45, 2.75) is 18.8 Å². The molecule has 1 fully saturated rings. The van der Waals surface area contributed by atoms with Crippen LogP contribution in [0.15, 0.2) is 18.2 Å². The summed E-state index contributed by atoms with van der Waals surface area (Å²) in [5.74, 6) is 0.0587. The molecular weight excluding hydrogens is 244 g/mol. The first-order chi connectivity index (χ1) is 9.15. The number of carboxylic acids is 1. The summed E-state index contributed by atoms with van der Waals surface area (Å²) >= 11 is 0. The highest BCUT2D eigenvalue weighted by Gasteiger charge is 2.23. The van der Waals surface area contributed by atoms with Gasteiger partial charge in [0.1, 0.15) is 0 Å². The SMILES string of the molecule is CN1CCCC(c2nc3cccc(C(=O)O)n3n2)C1. The number of pyridine rings is 1. The fourth-order valence-corrected chi connectivity index (χ4v) is 2.63. The van der Waals surface area contributed by atoms with Gasteiger partial charge in [-0.1, -0.05) is 6.07 Å². The van der Waals surface area contributed by atoms with Crippen LogP contribution < -0.4 is 0 Å². The van der Waals surface area contributed by atoms with Crippen LogP contribution in [0.4, 0.5) is 0 Å². The lowest BCUT2D eigenvalue weighted by molar-refractivity contribution is 0.0687. The zero-order valence-corrected chi connectivity index (χ0v) is 10.8. The lowest BCUT2D eigenvalue weighted by atomic mass is 9.98. The van der Waals surface area contributed by atoms with Gasteiger partial charge in [0.15, 0.2) is 17.2 Å². The molecule has 1 unspecified atom stereocenters. The van der Waals surface area contributed by atoms with Crippen molar-refractivity contribution in [2.75, 3.05) is 20.1 Å². The summed E-state index contributed by atoms with van der Waals surface area (Å²) in [4.78, 5) is 17.9. The number of likely N-dealkylation sites (tertiary alicyclic amines) is 1. The molecule has 2 aromatic rings. The quantitative estimate of drug-likeness (QED) is 0.879. The summed E-state index contributed by atoms with van der Waals surface area (Å²) in [6.07, 6.45) is 2.19. The monoisotopic (exact) mass is 260 g/mol. The topological polar surface area (TPSA) is 70.7 Å². The zero-order valence-electron chi connectivity index (χ0n) is 10.8. The second-order valence-electron chi connectivity index (χ2n) is 5.06. The molecule has 3 rings (SSSR count). The first-order valence-electron chi connectivity index (χ1n) is 6.42. The van der Waals surface area contributed by atoms with E-state index >= 15 is 0 Å². The highest BCUT2D eigenvalue weighted by Crippen LogP contribution is 2.24. The molecular formula is C13H16N4O2. The maximum Gasteiger partial charge on any atom is 0.354 e. The van der Waals surface area contributed by atoms with Crippen molar-refractivity contribution in [1.82, 2.24) is 19.5 Å². The molecule has 0 spiro atoms. The minimum Gasteiger partial charge on any atom is -0.477 e. The first-order valence-corrected chi connectivity index (χ1v) is 6.42. The molecule has 1 atom stereocenters. The van der Waals surface area contributed by atoms with Crippen molar-refractivity contribution in [3.05, 3.63) is 29.7 Å². The second kappa shape index (κ2) is 4.62. The van der Waals surface area contributed by atoms with Crippen molar-refractivity contribution < 1.29 is 9.90 Å². The Bertz CT molecular complexity index is 622. The molecule has 0 bridgehead atoms. The van der Waals surface area contributed by atoms with E-state index in [1.165, 1.54) is 4.52 Å². The number of aromatic nitrogens is 3. The van der Waals surface area contributed by atoms with Crippen molar-refractivity contribution in [2.24, 2.45) is 0 Å². The molecule has 1 aliphatic rings. The smallest absolute Gasteiger partial charge is 0.354 e. The third-order valence-electron chi connectivity index (χ3n) is 3.58. The van der Waals surface area contributed by atoms with Crippen LogP contribution in [0.3, 0.4) is 0 Å². The normalized spacial score (nSPS) is 20.8. The minimum absolute atomic E-state index is 0.153. The fraction of sp³-hybridized carbons (Fsp3) is 0.462. The van der Waals surface area contributed by atoms with Gasteiger partial charge in [-0.15, -0.1) is 0 Å². The molecule has 1 saturated heterocycles. The average Bonchev–Trinajstić information content (AvgIpc) is 2.82. The van der Waals surface area contributed by atoms with Crippen molar-refractivity contribution in [3.63, 3.8) is 0 Å². The van der Waals surface area contributed by atoms with Gasteiger partial charge in [-0.2, -0.15) is 5.10 Å². The standard InChI is InChI=1S/C13H16N4O2/c1-16-7-3-4-9(8-16)12-14-11-6-2-5-10(13(18)19)17(11)15-12/h2,5-6,9H,3-4,7-8H2,1H3,(H,18,19). The summed E-state index contributed by atoms with van der Waals surface area (Å²) in [5, 5.41) is 13.5. The van der Waals surface area contributed by atoms with Gasteiger partial charge in [0.2, 0.25) is 0 Å². The maximum absolute atomic E-state index is 11.2. The molecule has 1 N–H and O–H groups in total. The van der Waals surface area contributed by atoms with E-state index in [4.69, 9.17) is 5.11 Å². The van der Waals surface area contributed by atoms with Crippen molar-refractivity contribution in [3.8, 4) is 0 Å². The van der Waals surface area contributed by atoms with Gasteiger partial charge in [0.05, 0.1) is 0 Å². The summed E-state index contributed by atoms with van der Waals surface area (Å²) in [6.45, 7) is 2.03. The Hall–Kier alpha value is -1.95. The maximum atomic E-state index is 11.2. The second-order valence-corrected chi connectivity index (χ2v) is 5.06. The van der Waals surface area contributed by atoms with Gasteiger partial charge in [-0.3, -0.25) is 0 Å². The number of rotatable bonds is 2. The van der Waals surface area contributed by atoms with Crippen LogP contribution in [-0.2, 0) is 0 Å². The fourth-order valence-electron chi connectivity index (χ4n) is 2.63. The Labute approximate surface area is 110 Å². The third kappa shape index (κ3) is 2.19. The number of hydrogen-bond acceptors (Lipinski definition) is 4. The molecule has 6 nitrogen and oxygen atoms in total. The van der Waals surface area contributed by atoms with Gasteiger partial charge >= 0.3 is 5.97 Å². The summed E-state index contributed by atoms with van der Waals surface area (Å²) in [5.41, 5.74) is 0.753. The highest BCUT2D eigenvalue weighted by molar-refractivity contribution is 5.86. The predicted molar refractivity (Wildman–Crippen MR) is 69.4 cm³/mol. The molecule has 100 valence electrons. The van der Waals surface area contributed by atoms with E-state index in [1.807, 2.05) is 0 Å². The van der Waals surface area contributed by atoms with Crippen LogP contribution in [0.1, 0.15) is 35.1 Å². The molecule has 0 saturated carbocycles. The average molecular weight is 260 g/mol. The van der Waals surface area contributed by atoms with Crippen molar-refractivity contribution >= 4 is 11.6 Å². The molecule has 0 amide bonds. The number of aromatic carboxylic acids is 1. The van der Waals surface area contributed by atoms with Gasteiger partial charge < -0.3 is 10.0 Å². The Kier molecular flexibility index (Phi) is 2.94. The number of piperidine rings is 1. The number of carboxylic acid groups (broad SMARTS) is 1. The van der Waals surface area contributed by atoms with Gasteiger partial charge in [-0.05, 0) is 38.6 Å². The Morgan fingerprint density at radius 2 is 2.32 bits per heavy atom. The van der Waals surface area contributed by atoms with E-state index in [1.54, 1.807) is 18.2 Å². The Morgan fingerprint density at radius 1 is 1.47 bits per heavy atom. The van der Waals surface area contributed by atoms with E-state index in [-0.39, 0.29) is 5.69 Å². The third-order valence-corrected chi connectivity index (χ3v) is 3.58. The summed E-state index contributed by atoms with van der Waals surface area (Å²) in [6, 6.07) is 5.03. The lowest BCUT2D eigenvalue weighted by Gasteiger charge is -2.27. The summed E-state index contributed by atoms with van der Waals surface area (Å²) < 4.78 is 1.42. The molecule has 0 aliphatic carbocycles. The molecule has 0 radical (unpaired) electrons. The van der Waals surface area contributed by atoms with Crippen LogP contribution >= 0.6 is 0 Å². The van der Waals surface area contributed by atoms with Crippen LogP contribution in [-0.4, -0.2) is 50.7 Å². The number of nitrogens with zero attached hydrogens (tertiary/aromatic N) is 4. The van der Waals surface area contributed by atoms with E-state index in [0.717, 1.165) is 31.8 Å². The Morgan fingerprint density at radius 3 is 3.05 bits per heavy atom.